The molecule has 24 heavy (non-hydrogen) atoms. The normalized spacial score (nSPS) is 14.7. The highest BCUT2D eigenvalue weighted by Crippen LogP contribution is 2.35. The Hall–Kier alpha value is -3.21. The molecule has 0 unspecified atom stereocenters. The summed E-state index contributed by atoms with van der Waals surface area (Å²) in [4.78, 5) is 38.0. The lowest BCUT2D eigenvalue weighted by Gasteiger charge is -2.16. The van der Waals surface area contributed by atoms with Gasteiger partial charge >= 0.3 is 5.97 Å². The van der Waals surface area contributed by atoms with Gasteiger partial charge < -0.3 is 4.74 Å². The molecule has 1 aliphatic rings. The molecule has 2 aromatic rings. The van der Waals surface area contributed by atoms with Crippen LogP contribution in [0, 0.1) is 0 Å². The first-order valence-corrected chi connectivity index (χ1v) is 7.38. The maximum Gasteiger partial charge on any atom is 0.338 e. The number of amides is 1. The number of fused-ring (bicyclic) bond motifs is 1. The van der Waals surface area contributed by atoms with Crippen LogP contribution in [0.15, 0.2) is 54.2 Å². The SMILES string of the molecule is COC(=O)c1ccccc1/C=C1\C(=O)c2ccccc2N1C(C)=O. The minimum atomic E-state index is -0.500. The van der Waals surface area contributed by atoms with Crippen molar-refractivity contribution in [2.24, 2.45) is 0 Å². The van der Waals surface area contributed by atoms with Crippen LogP contribution < -0.4 is 4.90 Å². The van der Waals surface area contributed by atoms with E-state index in [1.54, 1.807) is 54.6 Å². The number of anilines is 1. The topological polar surface area (TPSA) is 63.7 Å². The summed E-state index contributed by atoms with van der Waals surface area (Å²) < 4.78 is 4.77. The van der Waals surface area contributed by atoms with Crippen LogP contribution in [0.1, 0.15) is 33.2 Å². The molecule has 0 bridgehead atoms. The number of hydrogen-bond acceptors (Lipinski definition) is 4. The van der Waals surface area contributed by atoms with Gasteiger partial charge in [0.25, 0.3) is 0 Å². The summed E-state index contributed by atoms with van der Waals surface area (Å²) in [7, 11) is 1.30. The fraction of sp³-hybridized carbons (Fsp3) is 0.105. The van der Waals surface area contributed by atoms with E-state index >= 15 is 0 Å². The smallest absolute Gasteiger partial charge is 0.338 e. The highest BCUT2D eigenvalue weighted by molar-refractivity contribution is 6.26. The van der Waals surface area contributed by atoms with Crippen molar-refractivity contribution in [2.45, 2.75) is 6.92 Å². The van der Waals surface area contributed by atoms with Gasteiger partial charge in [-0.15, -0.1) is 0 Å². The molecule has 1 heterocycles. The summed E-state index contributed by atoms with van der Waals surface area (Å²) in [5.41, 5.74) is 2.10. The molecule has 0 N–H and O–H groups in total. The number of ketones is 1. The number of rotatable bonds is 2. The van der Waals surface area contributed by atoms with Crippen LogP contribution in [0.5, 0.6) is 0 Å². The maximum absolute atomic E-state index is 12.7. The van der Waals surface area contributed by atoms with Crippen LogP contribution >= 0.6 is 0 Å². The van der Waals surface area contributed by atoms with E-state index < -0.39 is 5.97 Å². The molecule has 0 radical (unpaired) electrons. The minimum Gasteiger partial charge on any atom is -0.465 e. The molecule has 0 atom stereocenters. The number of Topliss-reactive ketones (excluding diaryl/α,β-unsaturated/α-hetero) is 1. The molecular formula is C19H15NO4. The van der Waals surface area contributed by atoms with E-state index in [0.717, 1.165) is 0 Å². The van der Waals surface area contributed by atoms with Crippen LogP contribution in [0.2, 0.25) is 0 Å². The van der Waals surface area contributed by atoms with Crippen LogP contribution in [0.4, 0.5) is 5.69 Å². The molecule has 3 rings (SSSR count). The fourth-order valence-corrected chi connectivity index (χ4v) is 2.77. The van der Waals surface area contributed by atoms with Gasteiger partial charge in [0.2, 0.25) is 11.7 Å². The van der Waals surface area contributed by atoms with Crippen molar-refractivity contribution in [3.8, 4) is 0 Å². The first kappa shape index (κ1) is 15.7. The highest BCUT2D eigenvalue weighted by Gasteiger charge is 2.34. The van der Waals surface area contributed by atoms with Crippen LogP contribution in [0.25, 0.3) is 6.08 Å². The minimum absolute atomic E-state index is 0.222. The molecule has 0 spiro atoms. The summed E-state index contributed by atoms with van der Waals surface area (Å²) in [6.07, 6.45) is 1.55. The molecule has 0 aliphatic carbocycles. The third-order valence-corrected chi connectivity index (χ3v) is 3.84. The van der Waals surface area contributed by atoms with Crippen LogP contribution in [-0.4, -0.2) is 24.8 Å². The molecule has 1 aliphatic heterocycles. The average Bonchev–Trinajstić information content (AvgIpc) is 2.87. The Balaban J connectivity index is 2.16. The molecule has 5 nitrogen and oxygen atoms in total. The molecule has 1 amide bonds. The Morgan fingerprint density at radius 2 is 1.71 bits per heavy atom. The van der Waals surface area contributed by atoms with Gasteiger partial charge in [0.1, 0.15) is 0 Å². The number of allylic oxidation sites excluding steroid dienone is 1. The van der Waals surface area contributed by atoms with Gasteiger partial charge in [0.05, 0.1) is 24.1 Å². The number of para-hydroxylation sites is 1. The number of methoxy groups -OCH3 is 1. The quantitative estimate of drug-likeness (QED) is 0.630. The van der Waals surface area contributed by atoms with Gasteiger partial charge in [0, 0.05) is 12.5 Å². The monoisotopic (exact) mass is 321 g/mol. The van der Waals surface area contributed by atoms with Gasteiger partial charge in [0.15, 0.2) is 0 Å². The van der Waals surface area contributed by atoms with E-state index in [4.69, 9.17) is 4.74 Å². The first-order chi connectivity index (χ1) is 11.5. The Morgan fingerprint density at radius 3 is 2.42 bits per heavy atom. The number of carbonyl (C=O) groups is 3. The molecule has 5 heteroatoms. The van der Waals surface area contributed by atoms with Gasteiger partial charge in [-0.05, 0) is 29.8 Å². The lowest BCUT2D eigenvalue weighted by molar-refractivity contribution is -0.116. The van der Waals surface area contributed by atoms with E-state index in [1.807, 2.05) is 0 Å². The Kier molecular flexibility index (Phi) is 4.00. The predicted molar refractivity (Wildman–Crippen MR) is 89.7 cm³/mol. The lowest BCUT2D eigenvalue weighted by atomic mass is 10.0. The molecule has 0 aromatic heterocycles. The van der Waals surface area contributed by atoms with E-state index in [1.165, 1.54) is 18.9 Å². The second-order valence-corrected chi connectivity index (χ2v) is 5.31. The summed E-state index contributed by atoms with van der Waals surface area (Å²) in [6, 6.07) is 13.7. The molecular weight excluding hydrogens is 306 g/mol. The molecule has 0 saturated carbocycles. The summed E-state index contributed by atoms with van der Waals surface area (Å²) >= 11 is 0. The molecule has 2 aromatic carbocycles. The zero-order valence-electron chi connectivity index (χ0n) is 13.3. The molecule has 120 valence electrons. The van der Waals surface area contributed by atoms with Gasteiger partial charge in [-0.3, -0.25) is 14.5 Å². The van der Waals surface area contributed by atoms with Crippen molar-refractivity contribution < 1.29 is 19.1 Å². The number of nitrogens with zero attached hydrogens (tertiary/aromatic N) is 1. The van der Waals surface area contributed by atoms with Crippen molar-refractivity contribution in [3.05, 3.63) is 70.9 Å². The standard InChI is InChI=1S/C19H15NO4/c1-12(21)20-16-10-6-5-9-15(16)18(22)17(20)11-13-7-3-4-8-14(13)19(23)24-2/h3-11H,1-2H3/b17-11+. The number of esters is 1. The predicted octanol–water partition coefficient (Wildman–Crippen LogP) is 3.06. The average molecular weight is 321 g/mol. The van der Waals surface area contributed by atoms with Gasteiger partial charge in [-0.25, -0.2) is 4.79 Å². The Bertz CT molecular complexity index is 882. The van der Waals surface area contributed by atoms with E-state index in [9.17, 15) is 14.4 Å². The number of benzene rings is 2. The molecule has 0 saturated heterocycles. The lowest BCUT2D eigenvalue weighted by Crippen LogP contribution is -2.25. The zero-order valence-corrected chi connectivity index (χ0v) is 13.3. The number of ether oxygens (including phenoxy) is 1. The van der Waals surface area contributed by atoms with Crippen molar-refractivity contribution in [2.75, 3.05) is 12.0 Å². The van der Waals surface area contributed by atoms with E-state index in [-0.39, 0.29) is 17.4 Å². The second-order valence-electron chi connectivity index (χ2n) is 5.31. The number of carbonyl (C=O) groups excluding carboxylic acids is 3. The Morgan fingerprint density at radius 1 is 1.04 bits per heavy atom. The second kappa shape index (κ2) is 6.12. The van der Waals surface area contributed by atoms with Crippen molar-refractivity contribution in [1.82, 2.24) is 0 Å². The maximum atomic E-state index is 12.7. The van der Waals surface area contributed by atoms with Crippen molar-refractivity contribution in [3.63, 3.8) is 0 Å². The third-order valence-electron chi connectivity index (χ3n) is 3.84. The highest BCUT2D eigenvalue weighted by atomic mass is 16.5. The van der Waals surface area contributed by atoms with E-state index in [2.05, 4.69) is 0 Å². The Labute approximate surface area is 139 Å². The molecule has 0 fully saturated rings. The largest absolute Gasteiger partial charge is 0.465 e. The van der Waals surface area contributed by atoms with Gasteiger partial charge in [-0.1, -0.05) is 30.3 Å². The fourth-order valence-electron chi connectivity index (χ4n) is 2.77. The van der Waals surface area contributed by atoms with Crippen LogP contribution in [0.3, 0.4) is 0 Å². The number of hydrogen-bond donors (Lipinski definition) is 0. The van der Waals surface area contributed by atoms with Crippen LogP contribution in [-0.2, 0) is 9.53 Å². The summed E-state index contributed by atoms with van der Waals surface area (Å²) in [5.74, 6) is -1.02. The van der Waals surface area contributed by atoms with E-state index in [0.29, 0.717) is 22.4 Å². The third kappa shape index (κ3) is 2.50. The van der Waals surface area contributed by atoms with Gasteiger partial charge in [-0.2, -0.15) is 0 Å². The summed E-state index contributed by atoms with van der Waals surface area (Å²) in [5, 5.41) is 0. The summed E-state index contributed by atoms with van der Waals surface area (Å²) in [6.45, 7) is 1.40. The van der Waals surface area contributed by atoms with Crippen molar-refractivity contribution >= 4 is 29.4 Å². The first-order valence-electron chi connectivity index (χ1n) is 7.38. The zero-order chi connectivity index (χ0) is 17.3. The van der Waals surface area contributed by atoms with Crippen molar-refractivity contribution in [1.29, 1.82) is 0 Å².